The van der Waals surface area contributed by atoms with Crippen LogP contribution in [0.2, 0.25) is 0 Å². The molecule has 1 fully saturated rings. The average molecular weight is 404 g/mol. The van der Waals surface area contributed by atoms with Crippen molar-refractivity contribution in [3.05, 3.63) is 34.8 Å². The molecular weight excluding hydrogens is 378 g/mol. The Balaban J connectivity index is 1.65. The van der Waals surface area contributed by atoms with E-state index >= 15 is 0 Å². The summed E-state index contributed by atoms with van der Waals surface area (Å²) in [7, 11) is 1.64. The Morgan fingerprint density at radius 3 is 2.61 bits per heavy atom. The summed E-state index contributed by atoms with van der Waals surface area (Å²) < 4.78 is 9.38. The highest BCUT2D eigenvalue weighted by Gasteiger charge is 2.28. The molecule has 3 rings (SSSR count). The minimum atomic E-state index is -0.356. The number of anilines is 2. The molecule has 0 saturated carbocycles. The van der Waals surface area contributed by atoms with Crippen LogP contribution in [-0.2, 0) is 0 Å². The first-order chi connectivity index (χ1) is 13.4. The molecule has 2 aromatic rings. The summed E-state index contributed by atoms with van der Waals surface area (Å²) >= 11 is 0.978. The van der Waals surface area contributed by atoms with E-state index in [1.807, 2.05) is 38.1 Å². The van der Waals surface area contributed by atoms with E-state index < -0.39 is 0 Å². The van der Waals surface area contributed by atoms with Gasteiger partial charge in [-0.1, -0.05) is 6.07 Å². The van der Waals surface area contributed by atoms with Gasteiger partial charge in [0.2, 0.25) is 0 Å². The summed E-state index contributed by atoms with van der Waals surface area (Å²) in [6.45, 7) is 6.26. The van der Waals surface area contributed by atoms with Gasteiger partial charge in [0.25, 0.3) is 11.8 Å². The molecular formula is C19H25N5O3S. The second-order valence-electron chi connectivity index (χ2n) is 6.88. The SMILES string of the molecule is COc1cccc(N2CCN(C(=O)c3snc(C(=O)NC(C)C)c3N)CC2)c1. The first-order valence-corrected chi connectivity index (χ1v) is 9.92. The first kappa shape index (κ1) is 19.9. The van der Waals surface area contributed by atoms with Crippen molar-refractivity contribution < 1.29 is 14.3 Å². The Morgan fingerprint density at radius 1 is 1.25 bits per heavy atom. The molecule has 0 aliphatic carbocycles. The molecule has 9 heteroatoms. The van der Waals surface area contributed by atoms with Gasteiger partial charge in [-0.3, -0.25) is 9.59 Å². The fourth-order valence-electron chi connectivity index (χ4n) is 3.06. The van der Waals surface area contributed by atoms with E-state index in [0.717, 1.165) is 23.0 Å². The zero-order chi connectivity index (χ0) is 20.3. The van der Waals surface area contributed by atoms with Gasteiger partial charge in [-0.25, -0.2) is 0 Å². The van der Waals surface area contributed by atoms with Crippen LogP contribution in [-0.4, -0.2) is 60.4 Å². The fourth-order valence-corrected chi connectivity index (χ4v) is 3.83. The van der Waals surface area contributed by atoms with E-state index in [4.69, 9.17) is 10.5 Å². The first-order valence-electron chi connectivity index (χ1n) is 9.15. The lowest BCUT2D eigenvalue weighted by Gasteiger charge is -2.36. The molecule has 8 nitrogen and oxygen atoms in total. The van der Waals surface area contributed by atoms with Crippen molar-refractivity contribution in [1.29, 1.82) is 0 Å². The molecule has 1 aromatic carbocycles. The normalized spacial score (nSPS) is 14.3. The molecule has 0 atom stereocenters. The number of carbonyl (C=O) groups excluding carboxylic acids is 2. The van der Waals surface area contributed by atoms with Crippen LogP contribution in [0, 0.1) is 0 Å². The molecule has 2 amide bonds. The van der Waals surface area contributed by atoms with Crippen molar-refractivity contribution in [1.82, 2.24) is 14.6 Å². The number of methoxy groups -OCH3 is 1. The van der Waals surface area contributed by atoms with Gasteiger partial charge >= 0.3 is 0 Å². The number of amides is 2. The number of nitrogen functional groups attached to an aromatic ring is 1. The second-order valence-corrected chi connectivity index (χ2v) is 7.66. The van der Waals surface area contributed by atoms with Gasteiger partial charge in [-0.15, -0.1) is 0 Å². The largest absolute Gasteiger partial charge is 0.497 e. The molecule has 2 heterocycles. The van der Waals surface area contributed by atoms with Crippen LogP contribution in [0.25, 0.3) is 0 Å². The lowest BCUT2D eigenvalue weighted by atomic mass is 10.2. The molecule has 0 bridgehead atoms. The molecule has 0 radical (unpaired) electrons. The number of carbonyl (C=O) groups is 2. The van der Waals surface area contributed by atoms with Crippen molar-refractivity contribution in [3.63, 3.8) is 0 Å². The summed E-state index contributed by atoms with van der Waals surface area (Å²) in [6.07, 6.45) is 0. The predicted molar refractivity (Wildman–Crippen MR) is 110 cm³/mol. The van der Waals surface area contributed by atoms with Crippen LogP contribution < -0.4 is 20.7 Å². The molecule has 150 valence electrons. The van der Waals surface area contributed by atoms with Gasteiger partial charge in [0, 0.05) is 44.0 Å². The van der Waals surface area contributed by atoms with Gasteiger partial charge in [-0.05, 0) is 37.5 Å². The number of benzene rings is 1. The Labute approximate surface area is 168 Å². The van der Waals surface area contributed by atoms with Crippen LogP contribution in [0.15, 0.2) is 24.3 Å². The Morgan fingerprint density at radius 2 is 1.96 bits per heavy atom. The standard InChI is InChI=1S/C19H25N5O3S/c1-12(2)21-18(25)16-15(20)17(28-22-16)19(26)24-9-7-23(8-10-24)13-5-4-6-14(11-13)27-3/h4-6,11-12H,7-10,20H2,1-3H3,(H,21,25). The van der Waals surface area contributed by atoms with Gasteiger partial charge in [0.05, 0.1) is 12.8 Å². The van der Waals surface area contributed by atoms with E-state index in [9.17, 15) is 9.59 Å². The minimum Gasteiger partial charge on any atom is -0.497 e. The van der Waals surface area contributed by atoms with E-state index in [0.29, 0.717) is 31.1 Å². The van der Waals surface area contributed by atoms with Gasteiger partial charge in [0.1, 0.15) is 10.6 Å². The number of nitrogens with zero attached hydrogens (tertiary/aromatic N) is 3. The van der Waals surface area contributed by atoms with Crippen LogP contribution in [0.5, 0.6) is 5.75 Å². The molecule has 0 spiro atoms. The number of nitrogens with two attached hydrogens (primary N) is 1. The quantitative estimate of drug-likeness (QED) is 0.790. The van der Waals surface area contributed by atoms with Crippen molar-refractivity contribution in [2.45, 2.75) is 19.9 Å². The van der Waals surface area contributed by atoms with Gasteiger partial charge in [-0.2, -0.15) is 4.37 Å². The van der Waals surface area contributed by atoms with Crippen LogP contribution in [0.4, 0.5) is 11.4 Å². The molecule has 1 aliphatic heterocycles. The van der Waals surface area contributed by atoms with Crippen LogP contribution in [0.3, 0.4) is 0 Å². The maximum Gasteiger partial charge on any atom is 0.273 e. The topological polar surface area (TPSA) is 101 Å². The lowest BCUT2D eigenvalue weighted by Crippen LogP contribution is -2.48. The lowest BCUT2D eigenvalue weighted by molar-refractivity contribution is 0.0752. The average Bonchev–Trinajstić information content (AvgIpc) is 3.08. The van der Waals surface area contributed by atoms with E-state index in [1.165, 1.54) is 0 Å². The van der Waals surface area contributed by atoms with Crippen LogP contribution in [0.1, 0.15) is 34.0 Å². The van der Waals surface area contributed by atoms with E-state index in [1.54, 1.807) is 12.0 Å². The maximum absolute atomic E-state index is 12.9. The number of hydrogen-bond acceptors (Lipinski definition) is 7. The Hall–Kier alpha value is -2.81. The zero-order valence-corrected chi connectivity index (χ0v) is 17.1. The highest BCUT2D eigenvalue weighted by atomic mass is 32.1. The van der Waals surface area contributed by atoms with Gasteiger partial charge < -0.3 is 25.6 Å². The van der Waals surface area contributed by atoms with E-state index in [2.05, 4.69) is 14.6 Å². The van der Waals surface area contributed by atoms with Gasteiger partial charge in [0.15, 0.2) is 5.69 Å². The summed E-state index contributed by atoms with van der Waals surface area (Å²) in [5.41, 5.74) is 7.40. The monoisotopic (exact) mass is 403 g/mol. The summed E-state index contributed by atoms with van der Waals surface area (Å²) in [4.78, 5) is 29.3. The number of rotatable bonds is 5. The molecule has 1 saturated heterocycles. The highest BCUT2D eigenvalue weighted by molar-refractivity contribution is 7.09. The maximum atomic E-state index is 12.9. The summed E-state index contributed by atoms with van der Waals surface area (Å²) in [5.74, 6) is 0.273. The third kappa shape index (κ3) is 4.19. The number of ether oxygens (including phenoxy) is 1. The molecule has 28 heavy (non-hydrogen) atoms. The summed E-state index contributed by atoms with van der Waals surface area (Å²) in [5, 5.41) is 2.75. The number of hydrogen-bond donors (Lipinski definition) is 2. The number of aromatic nitrogens is 1. The highest BCUT2D eigenvalue weighted by Crippen LogP contribution is 2.26. The molecule has 3 N–H and O–H groups in total. The van der Waals surface area contributed by atoms with Crippen molar-refractivity contribution in [2.24, 2.45) is 0 Å². The Kier molecular flexibility index (Phi) is 6.03. The zero-order valence-electron chi connectivity index (χ0n) is 16.3. The predicted octanol–water partition coefficient (Wildman–Crippen LogP) is 1.83. The van der Waals surface area contributed by atoms with E-state index in [-0.39, 0.29) is 29.2 Å². The third-order valence-corrected chi connectivity index (χ3v) is 5.39. The molecule has 1 aromatic heterocycles. The van der Waals surface area contributed by atoms with Crippen molar-refractivity contribution in [2.75, 3.05) is 43.9 Å². The van der Waals surface area contributed by atoms with Crippen LogP contribution >= 0.6 is 11.5 Å². The molecule has 1 aliphatic rings. The van der Waals surface area contributed by atoms with Crippen molar-refractivity contribution in [3.8, 4) is 5.75 Å². The summed E-state index contributed by atoms with van der Waals surface area (Å²) in [6, 6.07) is 7.84. The fraction of sp³-hybridized carbons (Fsp3) is 0.421. The molecule has 0 unspecified atom stereocenters. The Bertz CT molecular complexity index is 859. The minimum absolute atomic E-state index is 0.0301. The third-order valence-electron chi connectivity index (χ3n) is 4.54. The smallest absolute Gasteiger partial charge is 0.273 e. The number of nitrogens with one attached hydrogen (secondary N) is 1. The number of piperazine rings is 1. The second kappa shape index (κ2) is 8.47. The van der Waals surface area contributed by atoms with Crippen molar-refractivity contribution >= 4 is 34.7 Å².